The number of rotatable bonds is 6. The molecule has 0 bridgehead atoms. The predicted octanol–water partition coefficient (Wildman–Crippen LogP) is 2.44. The second-order valence-electron chi connectivity index (χ2n) is 5.61. The maximum Gasteiger partial charge on any atom is 0.239 e. The maximum atomic E-state index is 12.0. The number of benzene rings is 1. The molecule has 1 amide bonds. The summed E-state index contributed by atoms with van der Waals surface area (Å²) < 4.78 is 1.92. The molecule has 1 aromatic carbocycles. The number of amides is 1. The number of hydrogen-bond acceptors (Lipinski definition) is 2. The second-order valence-corrected chi connectivity index (χ2v) is 6.05. The smallest absolute Gasteiger partial charge is 0.239 e. The van der Waals surface area contributed by atoms with Gasteiger partial charge in [-0.05, 0) is 29.9 Å². The molecule has 112 valence electrons. The van der Waals surface area contributed by atoms with Gasteiger partial charge < -0.3 is 15.6 Å². The van der Waals surface area contributed by atoms with Gasteiger partial charge >= 0.3 is 0 Å². The predicted molar refractivity (Wildman–Crippen MR) is 90.3 cm³/mol. The van der Waals surface area contributed by atoms with Crippen LogP contribution in [0.3, 0.4) is 0 Å². The van der Waals surface area contributed by atoms with E-state index in [0.29, 0.717) is 24.0 Å². The first-order valence-electron chi connectivity index (χ1n) is 7.13. The summed E-state index contributed by atoms with van der Waals surface area (Å²) in [6.45, 7) is 5.31. The third-order valence-electron chi connectivity index (χ3n) is 3.42. The number of nitrogens with two attached hydrogens (primary N) is 1. The van der Waals surface area contributed by atoms with E-state index in [1.165, 1.54) is 0 Å². The van der Waals surface area contributed by atoms with E-state index in [4.69, 9.17) is 18.0 Å². The Morgan fingerprint density at radius 2 is 2.14 bits per heavy atom. The van der Waals surface area contributed by atoms with Crippen molar-refractivity contribution < 1.29 is 4.79 Å². The van der Waals surface area contributed by atoms with Gasteiger partial charge in [-0.3, -0.25) is 4.79 Å². The van der Waals surface area contributed by atoms with Crippen LogP contribution in [0.15, 0.2) is 30.5 Å². The third-order valence-corrected chi connectivity index (χ3v) is 3.65. The third kappa shape index (κ3) is 4.04. The first-order chi connectivity index (χ1) is 9.97. The molecule has 0 fully saturated rings. The molecule has 0 aliphatic heterocycles. The number of aromatic nitrogens is 1. The molecule has 0 saturated heterocycles. The van der Waals surface area contributed by atoms with Gasteiger partial charge in [-0.15, -0.1) is 0 Å². The van der Waals surface area contributed by atoms with Crippen LogP contribution in [0.5, 0.6) is 0 Å². The van der Waals surface area contributed by atoms with Gasteiger partial charge in [0.15, 0.2) is 0 Å². The van der Waals surface area contributed by atoms with E-state index < -0.39 is 0 Å². The van der Waals surface area contributed by atoms with E-state index in [9.17, 15) is 4.79 Å². The molecule has 2 aromatic rings. The minimum Gasteiger partial charge on any atom is -0.389 e. The molecular weight excluding hydrogens is 282 g/mol. The van der Waals surface area contributed by atoms with Gasteiger partial charge in [-0.2, -0.15) is 0 Å². The zero-order valence-corrected chi connectivity index (χ0v) is 13.2. The minimum atomic E-state index is 0.0221. The lowest BCUT2D eigenvalue weighted by Gasteiger charge is -2.09. The van der Waals surface area contributed by atoms with Crippen LogP contribution >= 0.6 is 12.2 Å². The Labute approximate surface area is 130 Å². The van der Waals surface area contributed by atoms with Crippen LogP contribution in [-0.4, -0.2) is 22.0 Å². The lowest BCUT2D eigenvalue weighted by atomic mass is 10.1. The van der Waals surface area contributed by atoms with Crippen LogP contribution in [-0.2, 0) is 11.3 Å². The van der Waals surface area contributed by atoms with Crippen LogP contribution in [0.1, 0.15) is 25.8 Å². The van der Waals surface area contributed by atoms with Crippen molar-refractivity contribution in [2.24, 2.45) is 11.7 Å². The van der Waals surface area contributed by atoms with Crippen molar-refractivity contribution in [1.82, 2.24) is 9.88 Å². The number of carbonyl (C=O) groups is 1. The van der Waals surface area contributed by atoms with Crippen molar-refractivity contribution in [3.63, 3.8) is 0 Å². The Bertz CT molecular complexity index is 661. The molecule has 2 rings (SSSR count). The molecule has 1 aromatic heterocycles. The van der Waals surface area contributed by atoms with E-state index in [-0.39, 0.29) is 5.91 Å². The monoisotopic (exact) mass is 303 g/mol. The van der Waals surface area contributed by atoms with Crippen molar-refractivity contribution in [1.29, 1.82) is 0 Å². The summed E-state index contributed by atoms with van der Waals surface area (Å²) in [6.07, 6.45) is 2.90. The summed E-state index contributed by atoms with van der Waals surface area (Å²) in [5, 5.41) is 4.02. The van der Waals surface area contributed by atoms with E-state index in [0.717, 1.165) is 22.9 Å². The molecule has 0 unspecified atom stereocenters. The molecule has 0 spiro atoms. The van der Waals surface area contributed by atoms with Crippen LogP contribution in [0.2, 0.25) is 0 Å². The molecule has 0 radical (unpaired) electrons. The van der Waals surface area contributed by atoms with Gasteiger partial charge in [-0.1, -0.05) is 38.2 Å². The lowest BCUT2D eigenvalue weighted by Crippen LogP contribution is -2.28. The molecule has 21 heavy (non-hydrogen) atoms. The van der Waals surface area contributed by atoms with E-state index in [2.05, 4.69) is 19.2 Å². The summed E-state index contributed by atoms with van der Waals surface area (Å²) in [5.41, 5.74) is 7.45. The van der Waals surface area contributed by atoms with Crippen molar-refractivity contribution in [3.05, 3.63) is 36.0 Å². The number of hydrogen-bond donors (Lipinski definition) is 2. The highest BCUT2D eigenvalue weighted by molar-refractivity contribution is 7.80. The van der Waals surface area contributed by atoms with Crippen molar-refractivity contribution in [2.45, 2.75) is 26.8 Å². The van der Waals surface area contributed by atoms with E-state index >= 15 is 0 Å². The van der Waals surface area contributed by atoms with E-state index in [1.807, 2.05) is 35.0 Å². The minimum absolute atomic E-state index is 0.0221. The number of carbonyl (C=O) groups excluding carboxylic acids is 1. The Morgan fingerprint density at radius 3 is 2.81 bits per heavy atom. The molecular formula is C16H21N3OS. The SMILES string of the molecule is CC(C)CCNC(=O)Cn1ccc2ccc(C(N)=S)cc21. The highest BCUT2D eigenvalue weighted by atomic mass is 32.1. The second kappa shape index (κ2) is 6.72. The Hall–Kier alpha value is -1.88. The Kier molecular flexibility index (Phi) is 4.96. The van der Waals surface area contributed by atoms with Gasteiger partial charge in [0.05, 0.1) is 0 Å². The van der Waals surface area contributed by atoms with Crippen molar-refractivity contribution >= 4 is 34.0 Å². The number of thiocarbonyl (C=S) groups is 1. The summed E-state index contributed by atoms with van der Waals surface area (Å²) in [4.78, 5) is 12.3. The van der Waals surface area contributed by atoms with Crippen LogP contribution in [0.4, 0.5) is 0 Å². The average Bonchev–Trinajstić information content (AvgIpc) is 2.80. The molecule has 0 aliphatic carbocycles. The highest BCUT2D eigenvalue weighted by Crippen LogP contribution is 2.17. The normalized spacial score (nSPS) is 11.0. The summed E-state index contributed by atoms with van der Waals surface area (Å²) >= 11 is 5.00. The van der Waals surface area contributed by atoms with Crippen molar-refractivity contribution in [2.75, 3.05) is 6.54 Å². The first-order valence-corrected chi connectivity index (χ1v) is 7.53. The Morgan fingerprint density at radius 1 is 1.38 bits per heavy atom. The number of nitrogens with zero attached hydrogens (tertiary/aromatic N) is 1. The fourth-order valence-corrected chi connectivity index (χ4v) is 2.31. The lowest BCUT2D eigenvalue weighted by molar-refractivity contribution is -0.121. The summed E-state index contributed by atoms with van der Waals surface area (Å²) in [7, 11) is 0. The van der Waals surface area contributed by atoms with Crippen LogP contribution in [0, 0.1) is 5.92 Å². The largest absolute Gasteiger partial charge is 0.389 e. The zero-order valence-electron chi connectivity index (χ0n) is 12.4. The van der Waals surface area contributed by atoms with Crippen LogP contribution in [0.25, 0.3) is 10.9 Å². The first kappa shape index (κ1) is 15.5. The van der Waals surface area contributed by atoms with Gasteiger partial charge in [0.25, 0.3) is 0 Å². The van der Waals surface area contributed by atoms with Gasteiger partial charge in [0, 0.05) is 23.8 Å². The highest BCUT2D eigenvalue weighted by Gasteiger charge is 2.08. The van der Waals surface area contributed by atoms with Gasteiger partial charge in [0.1, 0.15) is 11.5 Å². The number of nitrogens with one attached hydrogen (secondary N) is 1. The fraction of sp³-hybridized carbons (Fsp3) is 0.375. The zero-order chi connectivity index (χ0) is 15.4. The molecule has 0 saturated carbocycles. The quantitative estimate of drug-likeness (QED) is 0.806. The molecule has 0 aliphatic rings. The van der Waals surface area contributed by atoms with Gasteiger partial charge in [0.2, 0.25) is 5.91 Å². The topological polar surface area (TPSA) is 60.0 Å². The molecule has 5 heteroatoms. The average molecular weight is 303 g/mol. The molecule has 1 heterocycles. The maximum absolute atomic E-state index is 12.0. The van der Waals surface area contributed by atoms with Crippen molar-refractivity contribution in [3.8, 4) is 0 Å². The standard InChI is InChI=1S/C16H21N3OS/c1-11(2)5-7-18-15(20)10-19-8-6-12-3-4-13(16(17)21)9-14(12)19/h3-4,6,8-9,11H,5,7,10H2,1-2H3,(H2,17,21)(H,18,20). The molecule has 0 atom stereocenters. The molecule has 4 nitrogen and oxygen atoms in total. The number of fused-ring (bicyclic) bond motifs is 1. The van der Waals surface area contributed by atoms with E-state index in [1.54, 1.807) is 0 Å². The summed E-state index contributed by atoms with van der Waals surface area (Å²) in [6, 6.07) is 7.79. The summed E-state index contributed by atoms with van der Waals surface area (Å²) in [5.74, 6) is 0.611. The Balaban J connectivity index is 2.09. The van der Waals surface area contributed by atoms with Crippen LogP contribution < -0.4 is 11.1 Å². The molecule has 3 N–H and O–H groups in total. The van der Waals surface area contributed by atoms with Gasteiger partial charge in [-0.25, -0.2) is 0 Å². The fourth-order valence-electron chi connectivity index (χ4n) is 2.19.